The zero-order valence-electron chi connectivity index (χ0n) is 24.6. The Kier molecular flexibility index (Phi) is 8.29. The molecule has 0 aromatic heterocycles. The van der Waals surface area contributed by atoms with Crippen LogP contribution >= 0.6 is 0 Å². The predicted molar refractivity (Wildman–Crippen MR) is 151 cm³/mol. The Morgan fingerprint density at radius 2 is 1.69 bits per heavy atom. The quantitative estimate of drug-likeness (QED) is 0.393. The first-order chi connectivity index (χ1) is 18.3. The molecular formula is C31H53NO6S. The second kappa shape index (κ2) is 10.9. The number of carbonyl (C=O) groups is 1. The molecule has 12 unspecified atom stereocenters. The van der Waals surface area contributed by atoms with Gasteiger partial charge in [0.15, 0.2) is 0 Å². The van der Waals surface area contributed by atoms with E-state index in [-0.39, 0.29) is 41.4 Å². The molecule has 5 rings (SSSR count). The van der Waals surface area contributed by atoms with E-state index in [1.165, 1.54) is 6.42 Å². The van der Waals surface area contributed by atoms with Gasteiger partial charge in [0.2, 0.25) is 5.91 Å². The van der Waals surface area contributed by atoms with E-state index in [1.807, 2.05) is 0 Å². The van der Waals surface area contributed by atoms with Crippen LogP contribution in [-0.4, -0.2) is 64.5 Å². The van der Waals surface area contributed by atoms with Gasteiger partial charge in [-0.15, -0.1) is 0 Å². The zero-order chi connectivity index (χ0) is 28.3. The van der Waals surface area contributed by atoms with E-state index < -0.39 is 15.4 Å². The Morgan fingerprint density at radius 1 is 1.00 bits per heavy atom. The Hall–Kier alpha value is -0.700. The van der Waals surface area contributed by atoms with Gasteiger partial charge >= 0.3 is 0 Å². The summed E-state index contributed by atoms with van der Waals surface area (Å²) in [6, 6.07) is 0. The van der Waals surface area contributed by atoms with Gasteiger partial charge in [0.25, 0.3) is 10.1 Å². The SMILES string of the molecule is CCC1C(O)C2C3CCC(C(C)CCC(=O)N4CCCC(S(=O)(=O)O)C4)C3(C)CCC2C2(C)CCC(O)CC12. The lowest BCUT2D eigenvalue weighted by atomic mass is 9.41. The van der Waals surface area contributed by atoms with Crippen LogP contribution in [0, 0.1) is 52.3 Å². The maximum atomic E-state index is 13.0. The zero-order valence-corrected chi connectivity index (χ0v) is 25.4. The summed E-state index contributed by atoms with van der Waals surface area (Å²) in [7, 11) is -4.12. The molecule has 12 atom stereocenters. The van der Waals surface area contributed by atoms with Gasteiger partial charge < -0.3 is 15.1 Å². The average Bonchev–Trinajstić information content (AvgIpc) is 3.25. The Balaban J connectivity index is 1.27. The number of fused-ring (bicyclic) bond motifs is 5. The summed E-state index contributed by atoms with van der Waals surface area (Å²) in [5, 5.41) is 21.6. The number of amides is 1. The molecular weight excluding hydrogens is 514 g/mol. The highest BCUT2D eigenvalue weighted by Gasteiger charge is 2.64. The van der Waals surface area contributed by atoms with Crippen LogP contribution in [0.3, 0.4) is 0 Å². The molecule has 0 aromatic rings. The number of hydrogen-bond acceptors (Lipinski definition) is 5. The smallest absolute Gasteiger partial charge is 0.269 e. The van der Waals surface area contributed by atoms with Gasteiger partial charge in [-0.1, -0.05) is 34.1 Å². The van der Waals surface area contributed by atoms with Crippen molar-refractivity contribution >= 4 is 16.0 Å². The molecule has 0 aromatic carbocycles. The van der Waals surface area contributed by atoms with E-state index in [0.717, 1.165) is 51.4 Å². The minimum atomic E-state index is -4.12. The number of aliphatic hydroxyl groups is 2. The summed E-state index contributed by atoms with van der Waals surface area (Å²) in [4.78, 5) is 14.7. The molecule has 1 saturated heterocycles. The topological polar surface area (TPSA) is 115 Å². The normalized spacial score (nSPS) is 47.2. The fourth-order valence-corrected chi connectivity index (χ4v) is 11.9. The van der Waals surface area contributed by atoms with Gasteiger partial charge in [0.05, 0.1) is 12.2 Å². The second-order valence-electron chi connectivity index (χ2n) is 14.8. The predicted octanol–water partition coefficient (Wildman–Crippen LogP) is 4.91. The summed E-state index contributed by atoms with van der Waals surface area (Å²) in [5.74, 6) is 2.94. The van der Waals surface area contributed by atoms with E-state index in [0.29, 0.717) is 61.3 Å². The lowest BCUT2D eigenvalue weighted by molar-refractivity contribution is -0.203. The van der Waals surface area contributed by atoms with Crippen molar-refractivity contribution in [2.45, 2.75) is 122 Å². The lowest BCUT2D eigenvalue weighted by Gasteiger charge is -2.64. The Labute approximate surface area is 236 Å². The molecule has 1 amide bonds. The van der Waals surface area contributed by atoms with E-state index in [2.05, 4.69) is 27.7 Å². The van der Waals surface area contributed by atoms with Crippen LogP contribution in [0.15, 0.2) is 0 Å². The number of likely N-dealkylation sites (tertiary alicyclic amines) is 1. The molecule has 224 valence electrons. The van der Waals surface area contributed by atoms with Crippen LogP contribution < -0.4 is 0 Å². The number of aliphatic hydroxyl groups excluding tert-OH is 2. The van der Waals surface area contributed by atoms with Gasteiger partial charge in [0.1, 0.15) is 5.25 Å². The molecule has 8 heteroatoms. The maximum absolute atomic E-state index is 13.0. The first kappa shape index (κ1) is 29.8. The van der Waals surface area contributed by atoms with Gasteiger partial charge in [0, 0.05) is 19.5 Å². The van der Waals surface area contributed by atoms with Gasteiger partial charge in [-0.2, -0.15) is 8.42 Å². The minimum Gasteiger partial charge on any atom is -0.393 e. The third kappa shape index (κ3) is 5.12. The maximum Gasteiger partial charge on any atom is 0.269 e. The molecule has 0 radical (unpaired) electrons. The van der Waals surface area contributed by atoms with Crippen molar-refractivity contribution in [2.24, 2.45) is 52.3 Å². The Morgan fingerprint density at radius 3 is 2.38 bits per heavy atom. The van der Waals surface area contributed by atoms with E-state index in [9.17, 15) is 28.0 Å². The summed E-state index contributed by atoms with van der Waals surface area (Å²) in [6.45, 7) is 10.1. The van der Waals surface area contributed by atoms with Crippen LogP contribution in [0.4, 0.5) is 0 Å². The van der Waals surface area contributed by atoms with Crippen LogP contribution in [0.1, 0.15) is 105 Å². The third-order valence-corrected chi connectivity index (χ3v) is 14.3. The van der Waals surface area contributed by atoms with Crippen LogP contribution in [0.25, 0.3) is 0 Å². The third-order valence-electron chi connectivity index (χ3n) is 13.1. The minimum absolute atomic E-state index is 0.00514. The van der Waals surface area contributed by atoms with Gasteiger partial charge in [-0.25, -0.2) is 0 Å². The standard InChI is InChI=1S/C31H53NO6S/c1-5-22-26-17-20(33)12-14-31(26,4)25-13-15-30(3)23(9-10-24(30)28(25)29(22)35)19(2)8-11-27(34)32-16-6-7-21(18-32)39(36,37)38/h19-26,28-29,33,35H,5-18H2,1-4H3,(H,36,37,38). The molecule has 4 aliphatic carbocycles. The van der Waals surface area contributed by atoms with Crippen molar-refractivity contribution < 1.29 is 28.0 Å². The summed E-state index contributed by atoms with van der Waals surface area (Å²) in [5.41, 5.74) is 0.372. The van der Waals surface area contributed by atoms with Gasteiger partial charge in [-0.3, -0.25) is 9.35 Å². The number of nitrogens with zero attached hydrogens (tertiary/aromatic N) is 1. The van der Waals surface area contributed by atoms with Crippen LogP contribution in [-0.2, 0) is 14.9 Å². The molecule has 39 heavy (non-hydrogen) atoms. The highest BCUT2D eigenvalue weighted by Crippen LogP contribution is 2.69. The highest BCUT2D eigenvalue weighted by molar-refractivity contribution is 7.86. The van der Waals surface area contributed by atoms with Crippen molar-refractivity contribution in [1.82, 2.24) is 4.90 Å². The van der Waals surface area contributed by atoms with Gasteiger partial charge in [-0.05, 0) is 116 Å². The van der Waals surface area contributed by atoms with Crippen molar-refractivity contribution in [3.8, 4) is 0 Å². The summed E-state index contributed by atoms with van der Waals surface area (Å²) >= 11 is 0. The lowest BCUT2D eigenvalue weighted by Crippen LogP contribution is -2.62. The fourth-order valence-electron chi connectivity index (χ4n) is 11.1. The van der Waals surface area contributed by atoms with Crippen LogP contribution in [0.5, 0.6) is 0 Å². The molecule has 7 nitrogen and oxygen atoms in total. The molecule has 0 bridgehead atoms. The molecule has 5 aliphatic rings. The molecule has 1 aliphatic heterocycles. The number of hydrogen-bond donors (Lipinski definition) is 3. The first-order valence-corrected chi connectivity index (χ1v) is 17.4. The molecule has 3 N–H and O–H groups in total. The van der Waals surface area contributed by atoms with E-state index >= 15 is 0 Å². The summed E-state index contributed by atoms with van der Waals surface area (Å²) in [6.07, 6.45) is 10.1. The largest absolute Gasteiger partial charge is 0.393 e. The molecule has 5 fully saturated rings. The summed E-state index contributed by atoms with van der Waals surface area (Å²) < 4.78 is 32.7. The van der Waals surface area contributed by atoms with Crippen molar-refractivity contribution in [3.63, 3.8) is 0 Å². The number of rotatable bonds is 6. The number of piperidine rings is 1. The number of carbonyl (C=O) groups excluding carboxylic acids is 1. The van der Waals surface area contributed by atoms with Crippen LogP contribution in [0.2, 0.25) is 0 Å². The highest BCUT2D eigenvalue weighted by atomic mass is 32.2. The monoisotopic (exact) mass is 567 g/mol. The first-order valence-electron chi connectivity index (χ1n) is 15.9. The van der Waals surface area contributed by atoms with E-state index in [1.54, 1.807) is 4.90 Å². The molecule has 0 spiro atoms. The van der Waals surface area contributed by atoms with Crippen molar-refractivity contribution in [3.05, 3.63) is 0 Å². The fraction of sp³-hybridized carbons (Fsp3) is 0.968. The molecule has 4 saturated carbocycles. The Bertz CT molecular complexity index is 1020. The van der Waals surface area contributed by atoms with Crippen molar-refractivity contribution in [2.75, 3.05) is 13.1 Å². The van der Waals surface area contributed by atoms with Crippen molar-refractivity contribution in [1.29, 1.82) is 0 Å². The second-order valence-corrected chi connectivity index (χ2v) is 16.5. The van der Waals surface area contributed by atoms with E-state index in [4.69, 9.17) is 0 Å². The molecule has 1 heterocycles. The average molecular weight is 568 g/mol.